The summed E-state index contributed by atoms with van der Waals surface area (Å²) in [7, 11) is -3.13. The van der Waals surface area contributed by atoms with Gasteiger partial charge < -0.3 is 15.4 Å². The molecule has 0 spiro atoms. The van der Waals surface area contributed by atoms with E-state index in [2.05, 4.69) is 4.99 Å². The van der Waals surface area contributed by atoms with Crippen LogP contribution in [0.4, 0.5) is 0 Å². The van der Waals surface area contributed by atoms with Gasteiger partial charge in [-0.15, -0.1) is 35.3 Å². The first kappa shape index (κ1) is 17.7. The Morgan fingerprint density at radius 3 is 2.65 bits per heavy atom. The average molecular weight is 431 g/mol. The minimum Gasteiger partial charge on any atom is -0.378 e. The highest BCUT2D eigenvalue weighted by molar-refractivity contribution is 14.0. The molecule has 0 amide bonds. The molecular formula is C11H18IN3O3S2. The van der Waals surface area contributed by atoms with Crippen molar-refractivity contribution >= 4 is 51.1 Å². The SMILES string of the molecule is CS(=O)(=O)c1ccc(CN=C(N)N2CCOCC2)s1.I. The summed E-state index contributed by atoms with van der Waals surface area (Å²) in [6.07, 6.45) is 1.20. The summed E-state index contributed by atoms with van der Waals surface area (Å²) in [6, 6.07) is 3.38. The van der Waals surface area contributed by atoms with E-state index in [1.807, 2.05) is 4.90 Å². The van der Waals surface area contributed by atoms with Gasteiger partial charge in [0.2, 0.25) is 0 Å². The molecule has 0 unspecified atom stereocenters. The van der Waals surface area contributed by atoms with Crippen molar-refractivity contribution in [2.75, 3.05) is 32.6 Å². The fourth-order valence-electron chi connectivity index (χ4n) is 1.69. The Kier molecular flexibility index (Phi) is 6.69. The molecule has 1 aromatic rings. The maximum absolute atomic E-state index is 11.4. The van der Waals surface area contributed by atoms with Crippen molar-refractivity contribution in [3.8, 4) is 0 Å². The number of rotatable bonds is 3. The molecule has 2 rings (SSSR count). The molecule has 9 heteroatoms. The van der Waals surface area contributed by atoms with E-state index in [0.717, 1.165) is 18.0 Å². The first-order valence-electron chi connectivity index (χ1n) is 5.88. The number of nitrogens with zero attached hydrogens (tertiary/aromatic N) is 2. The lowest BCUT2D eigenvalue weighted by molar-refractivity contribution is 0.0674. The predicted molar refractivity (Wildman–Crippen MR) is 90.6 cm³/mol. The second-order valence-electron chi connectivity index (χ2n) is 4.27. The van der Waals surface area contributed by atoms with Gasteiger partial charge in [0.05, 0.1) is 19.8 Å². The van der Waals surface area contributed by atoms with Gasteiger partial charge in [-0.3, -0.25) is 0 Å². The van der Waals surface area contributed by atoms with Crippen LogP contribution in [0.5, 0.6) is 0 Å². The average Bonchev–Trinajstić information content (AvgIpc) is 2.86. The highest BCUT2D eigenvalue weighted by Gasteiger charge is 2.13. The molecule has 114 valence electrons. The molecule has 0 aromatic carbocycles. The van der Waals surface area contributed by atoms with E-state index in [0.29, 0.717) is 29.9 Å². The Hall–Kier alpha value is -0.390. The molecule has 20 heavy (non-hydrogen) atoms. The van der Waals surface area contributed by atoms with Gasteiger partial charge in [-0.2, -0.15) is 0 Å². The van der Waals surface area contributed by atoms with E-state index in [4.69, 9.17) is 10.5 Å². The van der Waals surface area contributed by atoms with Crippen LogP contribution in [0.3, 0.4) is 0 Å². The zero-order valence-electron chi connectivity index (χ0n) is 11.1. The summed E-state index contributed by atoms with van der Waals surface area (Å²) in [6.45, 7) is 3.22. The standard InChI is InChI=1S/C11H17N3O3S2.HI/c1-19(15,16)10-3-2-9(18-10)8-13-11(12)14-4-6-17-7-5-14;/h2-3H,4-8H2,1H3,(H2,12,13);1H. The minimum atomic E-state index is -3.13. The minimum absolute atomic E-state index is 0. The summed E-state index contributed by atoms with van der Waals surface area (Å²) in [4.78, 5) is 7.15. The number of halogens is 1. The molecule has 1 fully saturated rings. The summed E-state index contributed by atoms with van der Waals surface area (Å²) in [5.41, 5.74) is 5.90. The summed E-state index contributed by atoms with van der Waals surface area (Å²) in [5, 5.41) is 0. The van der Waals surface area contributed by atoms with Crippen LogP contribution in [0.2, 0.25) is 0 Å². The van der Waals surface area contributed by atoms with Crippen LogP contribution in [0.25, 0.3) is 0 Å². The summed E-state index contributed by atoms with van der Waals surface area (Å²) in [5.74, 6) is 0.484. The number of guanidine groups is 1. The van der Waals surface area contributed by atoms with Crippen LogP contribution in [-0.2, 0) is 21.1 Å². The van der Waals surface area contributed by atoms with Crippen LogP contribution in [0.15, 0.2) is 21.3 Å². The summed E-state index contributed by atoms with van der Waals surface area (Å²) < 4.78 is 28.3. The number of thiophene rings is 1. The van der Waals surface area contributed by atoms with Gasteiger partial charge in [-0.25, -0.2) is 13.4 Å². The van der Waals surface area contributed by atoms with Gasteiger partial charge in [0.25, 0.3) is 0 Å². The lowest BCUT2D eigenvalue weighted by Gasteiger charge is -2.27. The number of ether oxygens (including phenoxy) is 1. The maximum Gasteiger partial charge on any atom is 0.191 e. The smallest absolute Gasteiger partial charge is 0.191 e. The number of sulfone groups is 1. The maximum atomic E-state index is 11.4. The van der Waals surface area contributed by atoms with E-state index in [1.165, 1.54) is 17.6 Å². The van der Waals surface area contributed by atoms with E-state index in [9.17, 15) is 8.42 Å². The first-order chi connectivity index (χ1) is 8.97. The van der Waals surface area contributed by atoms with Gasteiger partial charge >= 0.3 is 0 Å². The van der Waals surface area contributed by atoms with Crippen molar-refractivity contribution in [1.29, 1.82) is 0 Å². The molecule has 0 saturated carbocycles. The third kappa shape index (κ3) is 4.86. The molecular weight excluding hydrogens is 413 g/mol. The third-order valence-corrected chi connectivity index (χ3v) is 5.62. The van der Waals surface area contributed by atoms with E-state index < -0.39 is 9.84 Å². The molecule has 1 saturated heterocycles. The van der Waals surface area contributed by atoms with Crippen molar-refractivity contribution in [1.82, 2.24) is 4.90 Å². The normalized spacial score (nSPS) is 16.9. The molecule has 6 nitrogen and oxygen atoms in total. The first-order valence-corrected chi connectivity index (χ1v) is 8.59. The lowest BCUT2D eigenvalue weighted by atomic mass is 10.4. The molecule has 2 heterocycles. The molecule has 1 aliphatic heterocycles. The Balaban J connectivity index is 0.00000200. The van der Waals surface area contributed by atoms with Crippen LogP contribution < -0.4 is 5.73 Å². The molecule has 0 atom stereocenters. The predicted octanol–water partition coefficient (Wildman–Crippen LogP) is 0.916. The van der Waals surface area contributed by atoms with Crippen LogP contribution in [0, 0.1) is 0 Å². The topological polar surface area (TPSA) is 85.0 Å². The van der Waals surface area contributed by atoms with Gasteiger partial charge in [0.15, 0.2) is 15.8 Å². The quantitative estimate of drug-likeness (QED) is 0.437. The Bertz CT molecular complexity index is 565. The number of nitrogens with two attached hydrogens (primary N) is 1. The van der Waals surface area contributed by atoms with Crippen molar-refractivity contribution in [3.63, 3.8) is 0 Å². The Morgan fingerprint density at radius 2 is 2.10 bits per heavy atom. The Morgan fingerprint density at radius 1 is 1.45 bits per heavy atom. The third-order valence-electron chi connectivity index (χ3n) is 2.73. The van der Waals surface area contributed by atoms with Gasteiger partial charge in [0.1, 0.15) is 4.21 Å². The highest BCUT2D eigenvalue weighted by atomic mass is 127. The number of hydrogen-bond donors (Lipinski definition) is 1. The molecule has 0 radical (unpaired) electrons. The number of morpholine rings is 1. The van der Waals surface area contributed by atoms with Gasteiger partial charge in [-0.1, -0.05) is 0 Å². The number of aliphatic imine (C=N–C) groups is 1. The zero-order valence-corrected chi connectivity index (χ0v) is 15.1. The molecule has 1 aromatic heterocycles. The van der Waals surface area contributed by atoms with Crippen molar-refractivity contribution in [3.05, 3.63) is 17.0 Å². The second-order valence-corrected chi connectivity index (χ2v) is 7.68. The van der Waals surface area contributed by atoms with Gasteiger partial charge in [0, 0.05) is 24.2 Å². The highest BCUT2D eigenvalue weighted by Crippen LogP contribution is 2.22. The largest absolute Gasteiger partial charge is 0.378 e. The molecule has 0 bridgehead atoms. The van der Waals surface area contributed by atoms with E-state index in [-0.39, 0.29) is 24.0 Å². The van der Waals surface area contributed by atoms with E-state index >= 15 is 0 Å². The Labute approximate surface area is 139 Å². The lowest BCUT2D eigenvalue weighted by Crippen LogP contribution is -2.44. The monoisotopic (exact) mass is 431 g/mol. The molecule has 0 aliphatic carbocycles. The molecule has 2 N–H and O–H groups in total. The van der Waals surface area contributed by atoms with Gasteiger partial charge in [-0.05, 0) is 12.1 Å². The second kappa shape index (κ2) is 7.57. The van der Waals surface area contributed by atoms with Crippen LogP contribution in [-0.4, -0.2) is 51.8 Å². The molecule has 1 aliphatic rings. The fraction of sp³-hybridized carbons (Fsp3) is 0.545. The fourth-order valence-corrected chi connectivity index (χ4v) is 3.60. The van der Waals surface area contributed by atoms with E-state index in [1.54, 1.807) is 12.1 Å². The van der Waals surface area contributed by atoms with Crippen molar-refractivity contribution in [2.24, 2.45) is 10.7 Å². The van der Waals surface area contributed by atoms with Crippen molar-refractivity contribution < 1.29 is 13.2 Å². The summed E-state index contributed by atoms with van der Waals surface area (Å²) >= 11 is 1.23. The number of hydrogen-bond acceptors (Lipinski definition) is 5. The van der Waals surface area contributed by atoms with Crippen LogP contribution in [0.1, 0.15) is 4.88 Å². The zero-order chi connectivity index (χ0) is 13.9. The van der Waals surface area contributed by atoms with Crippen LogP contribution >= 0.6 is 35.3 Å². The van der Waals surface area contributed by atoms with Crippen molar-refractivity contribution in [2.45, 2.75) is 10.8 Å².